The second-order valence-electron chi connectivity index (χ2n) is 5.81. The predicted octanol–water partition coefficient (Wildman–Crippen LogP) is 2.44. The van der Waals surface area contributed by atoms with E-state index in [1.165, 1.54) is 16.7 Å². The van der Waals surface area contributed by atoms with E-state index in [4.69, 9.17) is 0 Å². The fourth-order valence-corrected chi connectivity index (χ4v) is 3.98. The molecule has 1 aliphatic heterocycles. The molecule has 0 saturated carbocycles. The number of nitrogens with zero attached hydrogens (tertiary/aromatic N) is 3. The third-order valence-electron chi connectivity index (χ3n) is 3.97. The third-order valence-corrected chi connectivity index (χ3v) is 5.06. The van der Waals surface area contributed by atoms with E-state index in [2.05, 4.69) is 39.4 Å². The van der Waals surface area contributed by atoms with Crippen molar-refractivity contribution in [1.82, 2.24) is 15.3 Å². The Hall–Kier alpha value is -1.20. The number of aromatic nitrogens is 2. The molecule has 0 spiro atoms. The molecule has 1 aliphatic rings. The zero-order valence-corrected chi connectivity index (χ0v) is 12.5. The van der Waals surface area contributed by atoms with E-state index in [1.54, 1.807) is 17.7 Å². The van der Waals surface area contributed by atoms with Crippen LogP contribution in [0, 0.1) is 12.3 Å². The summed E-state index contributed by atoms with van der Waals surface area (Å²) < 4.78 is 1.23. The molecule has 19 heavy (non-hydrogen) atoms. The van der Waals surface area contributed by atoms with Gasteiger partial charge >= 0.3 is 0 Å². The van der Waals surface area contributed by atoms with Gasteiger partial charge < -0.3 is 10.2 Å². The van der Waals surface area contributed by atoms with E-state index in [9.17, 15) is 0 Å². The van der Waals surface area contributed by atoms with Gasteiger partial charge in [-0.05, 0) is 36.8 Å². The van der Waals surface area contributed by atoms with Crippen molar-refractivity contribution in [3.05, 3.63) is 17.3 Å². The number of anilines is 1. The maximum Gasteiger partial charge on any atom is 0.150 e. The Balaban J connectivity index is 1.94. The summed E-state index contributed by atoms with van der Waals surface area (Å²) >= 11 is 1.76. The van der Waals surface area contributed by atoms with Crippen molar-refractivity contribution in [3.8, 4) is 0 Å². The van der Waals surface area contributed by atoms with Crippen molar-refractivity contribution >= 4 is 27.4 Å². The first-order valence-corrected chi connectivity index (χ1v) is 7.59. The molecule has 2 aromatic rings. The Morgan fingerprint density at radius 3 is 3.11 bits per heavy atom. The summed E-state index contributed by atoms with van der Waals surface area (Å²) in [7, 11) is 2.03. The van der Waals surface area contributed by atoms with E-state index in [0.29, 0.717) is 5.41 Å². The molecular weight excluding hydrogens is 256 g/mol. The van der Waals surface area contributed by atoms with Crippen LogP contribution in [0.3, 0.4) is 0 Å². The summed E-state index contributed by atoms with van der Waals surface area (Å²) in [4.78, 5) is 11.4. The van der Waals surface area contributed by atoms with Gasteiger partial charge in [0.15, 0.2) is 0 Å². The number of thiophene rings is 1. The SMILES string of the molecule is CNCC1(C)CCN(c2ncnc3c(C)csc23)C1. The Morgan fingerprint density at radius 1 is 1.47 bits per heavy atom. The van der Waals surface area contributed by atoms with Crippen LogP contribution < -0.4 is 10.2 Å². The highest BCUT2D eigenvalue weighted by atomic mass is 32.1. The second kappa shape index (κ2) is 4.72. The van der Waals surface area contributed by atoms with Crippen LogP contribution >= 0.6 is 11.3 Å². The second-order valence-corrected chi connectivity index (χ2v) is 6.69. The van der Waals surface area contributed by atoms with Gasteiger partial charge in [0, 0.05) is 19.6 Å². The van der Waals surface area contributed by atoms with E-state index in [1.807, 2.05) is 7.05 Å². The number of rotatable bonds is 3. The molecule has 1 atom stereocenters. The predicted molar refractivity (Wildman–Crippen MR) is 81.0 cm³/mol. The minimum absolute atomic E-state index is 0.346. The first-order valence-electron chi connectivity index (χ1n) is 6.71. The van der Waals surface area contributed by atoms with Crippen LogP contribution in [0.2, 0.25) is 0 Å². The lowest BCUT2D eigenvalue weighted by atomic mass is 9.90. The van der Waals surface area contributed by atoms with Crippen molar-refractivity contribution in [1.29, 1.82) is 0 Å². The van der Waals surface area contributed by atoms with Crippen molar-refractivity contribution in [3.63, 3.8) is 0 Å². The molecule has 1 saturated heterocycles. The van der Waals surface area contributed by atoms with Crippen molar-refractivity contribution in [2.75, 3.05) is 31.6 Å². The normalized spacial score (nSPS) is 23.4. The van der Waals surface area contributed by atoms with Crippen molar-refractivity contribution in [2.45, 2.75) is 20.3 Å². The van der Waals surface area contributed by atoms with Crippen molar-refractivity contribution < 1.29 is 0 Å². The molecule has 102 valence electrons. The molecule has 3 heterocycles. The summed E-state index contributed by atoms with van der Waals surface area (Å²) in [5.74, 6) is 1.11. The van der Waals surface area contributed by atoms with Crippen LogP contribution in [0.15, 0.2) is 11.7 Å². The van der Waals surface area contributed by atoms with Crippen LogP contribution in [-0.2, 0) is 0 Å². The lowest BCUT2D eigenvalue weighted by Crippen LogP contribution is -2.33. The first-order chi connectivity index (χ1) is 9.13. The van der Waals surface area contributed by atoms with Gasteiger partial charge in [0.25, 0.3) is 0 Å². The van der Waals surface area contributed by atoms with Crippen LogP contribution in [0.25, 0.3) is 10.2 Å². The monoisotopic (exact) mass is 276 g/mol. The lowest BCUT2D eigenvalue weighted by molar-refractivity contribution is 0.356. The van der Waals surface area contributed by atoms with Gasteiger partial charge in [-0.2, -0.15) is 0 Å². The number of hydrogen-bond donors (Lipinski definition) is 1. The quantitative estimate of drug-likeness (QED) is 0.935. The summed E-state index contributed by atoms with van der Waals surface area (Å²) in [6.45, 7) is 7.67. The Labute approximate surface area is 117 Å². The van der Waals surface area contributed by atoms with E-state index < -0.39 is 0 Å². The maximum atomic E-state index is 4.53. The molecular formula is C14H20N4S. The Bertz CT molecular complexity index is 594. The molecule has 4 nitrogen and oxygen atoms in total. The van der Waals surface area contributed by atoms with Gasteiger partial charge in [0.05, 0.1) is 10.2 Å². The molecule has 1 N–H and O–H groups in total. The number of fused-ring (bicyclic) bond motifs is 1. The molecule has 0 bridgehead atoms. The highest BCUT2D eigenvalue weighted by molar-refractivity contribution is 7.18. The zero-order chi connectivity index (χ0) is 13.5. The van der Waals surface area contributed by atoms with E-state index >= 15 is 0 Å². The van der Waals surface area contributed by atoms with E-state index in [0.717, 1.165) is 31.0 Å². The molecule has 0 amide bonds. The van der Waals surface area contributed by atoms with Crippen LogP contribution in [0.5, 0.6) is 0 Å². The van der Waals surface area contributed by atoms with E-state index in [-0.39, 0.29) is 0 Å². The molecule has 5 heteroatoms. The van der Waals surface area contributed by atoms with Crippen LogP contribution in [0.1, 0.15) is 18.9 Å². The molecule has 3 rings (SSSR count). The highest BCUT2D eigenvalue weighted by Gasteiger charge is 2.34. The smallest absolute Gasteiger partial charge is 0.150 e. The summed E-state index contributed by atoms with van der Waals surface area (Å²) in [5, 5.41) is 5.48. The molecule has 0 aliphatic carbocycles. The largest absolute Gasteiger partial charge is 0.355 e. The fraction of sp³-hybridized carbons (Fsp3) is 0.571. The lowest BCUT2D eigenvalue weighted by Gasteiger charge is -2.24. The Kier molecular flexibility index (Phi) is 3.19. The van der Waals surface area contributed by atoms with Gasteiger partial charge in [-0.25, -0.2) is 9.97 Å². The standard InChI is InChI=1S/C14H20N4S/c1-10-6-19-12-11(10)16-9-17-13(12)18-5-4-14(2,8-18)7-15-3/h6,9,15H,4-5,7-8H2,1-3H3. The molecule has 1 unspecified atom stereocenters. The van der Waals surface area contributed by atoms with Gasteiger partial charge in [0.1, 0.15) is 12.1 Å². The minimum atomic E-state index is 0.346. The Morgan fingerprint density at radius 2 is 2.32 bits per heavy atom. The summed E-state index contributed by atoms with van der Waals surface area (Å²) in [5.41, 5.74) is 2.70. The fourth-order valence-electron chi connectivity index (χ4n) is 2.96. The molecule has 2 aromatic heterocycles. The third kappa shape index (κ3) is 2.21. The van der Waals surface area contributed by atoms with Crippen LogP contribution in [0.4, 0.5) is 5.82 Å². The zero-order valence-electron chi connectivity index (χ0n) is 11.7. The topological polar surface area (TPSA) is 41.0 Å². The van der Waals surface area contributed by atoms with Gasteiger partial charge in [-0.1, -0.05) is 6.92 Å². The molecule has 0 aromatic carbocycles. The van der Waals surface area contributed by atoms with Gasteiger partial charge in [-0.15, -0.1) is 11.3 Å². The summed E-state index contributed by atoms with van der Waals surface area (Å²) in [6, 6.07) is 0. The number of nitrogens with one attached hydrogen (secondary N) is 1. The molecule has 1 fully saturated rings. The maximum absolute atomic E-state index is 4.53. The average molecular weight is 276 g/mol. The minimum Gasteiger partial charge on any atom is -0.355 e. The highest BCUT2D eigenvalue weighted by Crippen LogP contribution is 2.36. The van der Waals surface area contributed by atoms with Gasteiger partial charge in [-0.3, -0.25) is 0 Å². The first kappa shape index (κ1) is 12.8. The van der Waals surface area contributed by atoms with Gasteiger partial charge in [0.2, 0.25) is 0 Å². The summed E-state index contributed by atoms with van der Waals surface area (Å²) in [6.07, 6.45) is 2.91. The van der Waals surface area contributed by atoms with Crippen LogP contribution in [-0.4, -0.2) is 36.6 Å². The van der Waals surface area contributed by atoms with Crippen molar-refractivity contribution in [2.24, 2.45) is 5.41 Å². The number of aryl methyl sites for hydroxylation is 1. The molecule has 0 radical (unpaired) electrons. The number of hydrogen-bond acceptors (Lipinski definition) is 5. The average Bonchev–Trinajstić information content (AvgIpc) is 2.95.